The summed E-state index contributed by atoms with van der Waals surface area (Å²) in [6.45, 7) is 0.358. The van der Waals surface area contributed by atoms with Crippen LogP contribution in [0.25, 0.3) is 0 Å². The van der Waals surface area contributed by atoms with Gasteiger partial charge in [-0.1, -0.05) is 29.3 Å². The van der Waals surface area contributed by atoms with Crippen molar-refractivity contribution in [1.82, 2.24) is 10.3 Å². The van der Waals surface area contributed by atoms with Crippen molar-refractivity contribution in [1.29, 1.82) is 0 Å². The highest BCUT2D eigenvalue weighted by atomic mass is 35.5. The maximum atomic E-state index is 11.8. The number of rotatable bonds is 3. The maximum absolute atomic E-state index is 11.8. The summed E-state index contributed by atoms with van der Waals surface area (Å²) in [6.07, 6.45) is 3.15. The summed E-state index contributed by atoms with van der Waals surface area (Å²) >= 11 is 11.8. The monoisotopic (exact) mass is 280 g/mol. The zero-order valence-electron chi connectivity index (χ0n) is 9.36. The maximum Gasteiger partial charge on any atom is 0.251 e. The Morgan fingerprint density at radius 1 is 1.17 bits per heavy atom. The minimum atomic E-state index is -0.164. The first-order chi connectivity index (χ1) is 8.66. The Bertz CT molecular complexity index is 558. The van der Waals surface area contributed by atoms with Gasteiger partial charge in [-0.3, -0.25) is 9.78 Å². The zero-order chi connectivity index (χ0) is 13.0. The van der Waals surface area contributed by atoms with Gasteiger partial charge in [0.1, 0.15) is 0 Å². The van der Waals surface area contributed by atoms with Crippen LogP contribution >= 0.6 is 23.2 Å². The van der Waals surface area contributed by atoms with E-state index in [2.05, 4.69) is 10.3 Å². The van der Waals surface area contributed by atoms with Crippen molar-refractivity contribution in [3.05, 3.63) is 63.9 Å². The molecule has 1 N–H and O–H groups in total. The zero-order valence-corrected chi connectivity index (χ0v) is 10.9. The summed E-state index contributed by atoms with van der Waals surface area (Å²) in [5.41, 5.74) is 1.39. The summed E-state index contributed by atoms with van der Waals surface area (Å²) in [5, 5.41) is 3.89. The van der Waals surface area contributed by atoms with Gasteiger partial charge in [0, 0.05) is 34.5 Å². The molecule has 92 valence electrons. The van der Waals surface area contributed by atoms with Crippen molar-refractivity contribution in [3.63, 3.8) is 0 Å². The molecule has 0 atom stereocenters. The van der Waals surface area contributed by atoms with E-state index in [1.807, 2.05) is 0 Å². The first kappa shape index (κ1) is 12.9. The van der Waals surface area contributed by atoms with Crippen LogP contribution in [-0.4, -0.2) is 10.9 Å². The Hall–Kier alpha value is -1.58. The molecular weight excluding hydrogens is 271 g/mol. The van der Waals surface area contributed by atoms with Gasteiger partial charge >= 0.3 is 0 Å². The second kappa shape index (κ2) is 5.85. The van der Waals surface area contributed by atoms with Gasteiger partial charge < -0.3 is 5.32 Å². The predicted octanol–water partition coefficient (Wildman–Crippen LogP) is 3.32. The van der Waals surface area contributed by atoms with Crippen LogP contribution in [0.5, 0.6) is 0 Å². The molecule has 1 aromatic carbocycles. The summed E-state index contributed by atoms with van der Waals surface area (Å²) < 4.78 is 0. The smallest absolute Gasteiger partial charge is 0.251 e. The van der Waals surface area contributed by atoms with Gasteiger partial charge in [0.25, 0.3) is 5.91 Å². The molecule has 3 nitrogen and oxygen atoms in total. The molecule has 0 fully saturated rings. The fourth-order valence-corrected chi connectivity index (χ4v) is 1.92. The number of hydrogen-bond donors (Lipinski definition) is 1. The molecule has 0 bridgehead atoms. The van der Waals surface area contributed by atoms with Gasteiger partial charge in [-0.15, -0.1) is 0 Å². The third kappa shape index (κ3) is 3.22. The highest BCUT2D eigenvalue weighted by molar-refractivity contribution is 6.35. The molecule has 0 saturated heterocycles. The lowest BCUT2D eigenvalue weighted by Crippen LogP contribution is -2.22. The minimum Gasteiger partial charge on any atom is -0.348 e. The topological polar surface area (TPSA) is 42.0 Å². The van der Waals surface area contributed by atoms with Gasteiger partial charge in [0.15, 0.2) is 0 Å². The fraction of sp³-hybridized carbons (Fsp3) is 0.0769. The fourth-order valence-electron chi connectivity index (χ4n) is 1.45. The third-order valence-electron chi connectivity index (χ3n) is 2.40. The molecule has 0 unspecified atom stereocenters. The molecule has 5 heteroatoms. The van der Waals surface area contributed by atoms with E-state index in [-0.39, 0.29) is 5.91 Å². The Morgan fingerprint density at radius 3 is 2.56 bits per heavy atom. The predicted molar refractivity (Wildman–Crippen MR) is 71.9 cm³/mol. The van der Waals surface area contributed by atoms with Crippen molar-refractivity contribution in [2.24, 2.45) is 0 Å². The summed E-state index contributed by atoms with van der Waals surface area (Å²) in [6, 6.07) is 8.48. The molecule has 0 saturated carbocycles. The first-order valence-electron chi connectivity index (χ1n) is 5.29. The van der Waals surface area contributed by atoms with Crippen molar-refractivity contribution >= 4 is 29.1 Å². The molecule has 1 heterocycles. The van der Waals surface area contributed by atoms with Crippen molar-refractivity contribution in [2.75, 3.05) is 0 Å². The van der Waals surface area contributed by atoms with E-state index in [4.69, 9.17) is 23.2 Å². The van der Waals surface area contributed by atoms with Crippen LogP contribution in [0.15, 0.2) is 42.7 Å². The van der Waals surface area contributed by atoms with E-state index in [0.29, 0.717) is 22.2 Å². The second-order valence-electron chi connectivity index (χ2n) is 3.65. The average Bonchev–Trinajstić information content (AvgIpc) is 2.38. The molecule has 0 spiro atoms. The summed E-state index contributed by atoms with van der Waals surface area (Å²) in [4.78, 5) is 15.6. The molecule has 2 aromatic rings. The second-order valence-corrected chi connectivity index (χ2v) is 4.50. The number of halogens is 2. The van der Waals surface area contributed by atoms with Crippen LogP contribution in [0.3, 0.4) is 0 Å². The number of hydrogen-bond acceptors (Lipinski definition) is 2. The van der Waals surface area contributed by atoms with Crippen LogP contribution in [-0.2, 0) is 6.54 Å². The molecule has 18 heavy (non-hydrogen) atoms. The van der Waals surface area contributed by atoms with E-state index in [1.165, 1.54) is 0 Å². The Labute approximate surface area is 115 Å². The third-order valence-corrected chi connectivity index (χ3v) is 2.98. The van der Waals surface area contributed by atoms with Crippen LogP contribution in [0, 0.1) is 0 Å². The van der Waals surface area contributed by atoms with Gasteiger partial charge in [0.05, 0.1) is 0 Å². The van der Waals surface area contributed by atoms with Crippen molar-refractivity contribution in [2.45, 2.75) is 6.54 Å². The Kier molecular flexibility index (Phi) is 4.18. The molecule has 0 radical (unpaired) electrons. The number of nitrogens with zero attached hydrogens (tertiary/aromatic N) is 1. The van der Waals surface area contributed by atoms with E-state index in [9.17, 15) is 4.79 Å². The number of amides is 1. The number of pyridine rings is 1. The van der Waals surface area contributed by atoms with E-state index in [1.54, 1.807) is 42.7 Å². The van der Waals surface area contributed by atoms with Gasteiger partial charge in [-0.25, -0.2) is 0 Å². The van der Waals surface area contributed by atoms with Gasteiger partial charge in [-0.2, -0.15) is 0 Å². The minimum absolute atomic E-state index is 0.164. The number of aromatic nitrogens is 1. The lowest BCUT2D eigenvalue weighted by atomic mass is 10.2. The molecule has 0 aliphatic heterocycles. The number of benzene rings is 1. The molecule has 0 aliphatic carbocycles. The van der Waals surface area contributed by atoms with Gasteiger partial charge in [-0.05, 0) is 29.8 Å². The normalized spacial score (nSPS) is 10.1. The summed E-state index contributed by atoms with van der Waals surface area (Å²) in [5.74, 6) is -0.164. The van der Waals surface area contributed by atoms with Crippen LogP contribution in [0.4, 0.5) is 0 Å². The Morgan fingerprint density at radius 2 is 1.89 bits per heavy atom. The molecule has 2 rings (SSSR count). The highest BCUT2D eigenvalue weighted by Crippen LogP contribution is 2.20. The van der Waals surface area contributed by atoms with E-state index < -0.39 is 0 Å². The number of carbonyl (C=O) groups excluding carboxylic acids is 1. The molecule has 1 amide bonds. The first-order valence-corrected chi connectivity index (χ1v) is 6.04. The van der Waals surface area contributed by atoms with E-state index >= 15 is 0 Å². The summed E-state index contributed by atoms with van der Waals surface area (Å²) in [7, 11) is 0. The van der Waals surface area contributed by atoms with Crippen LogP contribution < -0.4 is 5.32 Å². The molecule has 0 aliphatic rings. The number of nitrogens with one attached hydrogen (secondary N) is 1. The van der Waals surface area contributed by atoms with Gasteiger partial charge in [0.2, 0.25) is 0 Å². The standard InChI is InChI=1S/C13H10Cl2N2O/c14-11-2-1-10(12(15)7-11)8-17-13(18)9-3-5-16-6-4-9/h1-7H,8H2,(H,17,18). The largest absolute Gasteiger partial charge is 0.348 e. The van der Waals surface area contributed by atoms with Crippen molar-refractivity contribution < 1.29 is 4.79 Å². The molecule has 1 aromatic heterocycles. The SMILES string of the molecule is O=C(NCc1ccc(Cl)cc1Cl)c1ccncc1. The quantitative estimate of drug-likeness (QED) is 0.937. The van der Waals surface area contributed by atoms with Crippen LogP contribution in [0.2, 0.25) is 10.0 Å². The lowest BCUT2D eigenvalue weighted by molar-refractivity contribution is 0.0951. The lowest BCUT2D eigenvalue weighted by Gasteiger charge is -2.07. The Balaban J connectivity index is 2.02. The number of carbonyl (C=O) groups is 1. The highest BCUT2D eigenvalue weighted by Gasteiger charge is 2.06. The van der Waals surface area contributed by atoms with Crippen LogP contribution in [0.1, 0.15) is 15.9 Å². The average molecular weight is 281 g/mol. The van der Waals surface area contributed by atoms with E-state index in [0.717, 1.165) is 5.56 Å². The van der Waals surface area contributed by atoms with Crippen molar-refractivity contribution in [3.8, 4) is 0 Å². The molecular formula is C13H10Cl2N2O.